The van der Waals surface area contributed by atoms with Crippen LogP contribution in [0.4, 0.5) is 13.2 Å². The number of esters is 1. The Labute approximate surface area is 177 Å². The predicted molar refractivity (Wildman–Crippen MR) is 113 cm³/mol. The van der Waals surface area contributed by atoms with E-state index in [1.165, 1.54) is 0 Å². The topological polar surface area (TPSA) is 55.4 Å². The lowest BCUT2D eigenvalue weighted by atomic mass is 9.93. The molecule has 0 aromatic heterocycles. The summed E-state index contributed by atoms with van der Waals surface area (Å²) in [5.41, 5.74) is 0. The molecule has 0 amide bonds. The first-order chi connectivity index (χ1) is 13.4. The largest absolute Gasteiger partial charge is 0.465 e. The van der Waals surface area contributed by atoms with E-state index in [0.717, 1.165) is 44.9 Å². The van der Waals surface area contributed by atoms with Crippen molar-refractivity contribution < 1.29 is 26.9 Å². The smallest absolute Gasteiger partial charge is 0.405 e. The molecule has 0 aromatic carbocycles. The summed E-state index contributed by atoms with van der Waals surface area (Å²) in [5.74, 6) is -2.25. The molecule has 0 aliphatic heterocycles. The van der Waals surface area contributed by atoms with Crippen LogP contribution in [0.5, 0.6) is 0 Å². The molecule has 29 heavy (non-hydrogen) atoms. The number of carbonyl (C=O) groups excluding carboxylic acids is 1. The Morgan fingerprint density at radius 2 is 1.45 bits per heavy atom. The molecule has 174 valence electrons. The van der Waals surface area contributed by atoms with E-state index in [2.05, 4.69) is 11.6 Å². The normalized spacial score (nSPS) is 15.7. The molecule has 0 aliphatic rings. The van der Waals surface area contributed by atoms with Gasteiger partial charge in [-0.3, -0.25) is 4.79 Å². The zero-order valence-electron chi connectivity index (χ0n) is 18.7. The van der Waals surface area contributed by atoms with E-state index >= 15 is 0 Å². The van der Waals surface area contributed by atoms with Crippen molar-refractivity contribution in [3.05, 3.63) is 0 Å². The first-order valence-corrected chi connectivity index (χ1v) is 12.0. The molecule has 8 heteroatoms. The highest BCUT2D eigenvalue weighted by atomic mass is 32.2. The van der Waals surface area contributed by atoms with Gasteiger partial charge in [0.15, 0.2) is 0 Å². The van der Waals surface area contributed by atoms with Crippen LogP contribution in [-0.2, 0) is 20.5 Å². The van der Waals surface area contributed by atoms with Crippen LogP contribution in [0, 0.1) is 5.92 Å². The van der Waals surface area contributed by atoms with Crippen LogP contribution in [0.25, 0.3) is 0 Å². The van der Waals surface area contributed by atoms with Crippen LogP contribution < -0.4 is 4.72 Å². The second-order valence-corrected chi connectivity index (χ2v) is 10.6. The van der Waals surface area contributed by atoms with Crippen molar-refractivity contribution in [2.45, 2.75) is 116 Å². The highest BCUT2D eigenvalue weighted by Crippen LogP contribution is 2.31. The van der Waals surface area contributed by atoms with Crippen LogP contribution in [0.3, 0.4) is 0 Å². The quantitative estimate of drug-likeness (QED) is 0.247. The maximum atomic E-state index is 13.8. The zero-order chi connectivity index (χ0) is 22.5. The van der Waals surface area contributed by atoms with Gasteiger partial charge in [-0.15, -0.1) is 0 Å². The molecule has 4 nitrogen and oxygen atoms in total. The first kappa shape index (κ1) is 28.4. The van der Waals surface area contributed by atoms with Crippen molar-refractivity contribution in [1.29, 1.82) is 0 Å². The number of alkyl halides is 3. The average Bonchev–Trinajstić information content (AvgIpc) is 2.60. The van der Waals surface area contributed by atoms with Crippen molar-refractivity contribution in [3.63, 3.8) is 0 Å². The van der Waals surface area contributed by atoms with Crippen molar-refractivity contribution in [1.82, 2.24) is 4.72 Å². The summed E-state index contributed by atoms with van der Waals surface area (Å²) < 4.78 is 60.1. The van der Waals surface area contributed by atoms with Gasteiger partial charge in [0.05, 0.1) is 28.3 Å². The Bertz CT molecular complexity index is 479. The van der Waals surface area contributed by atoms with Gasteiger partial charge in [-0.25, -0.2) is 8.93 Å². The minimum atomic E-state index is -4.70. The summed E-state index contributed by atoms with van der Waals surface area (Å²) in [5, 5.41) is 0. The molecule has 3 atom stereocenters. The Balaban J connectivity index is 5.15. The lowest BCUT2D eigenvalue weighted by Gasteiger charge is -2.30. The van der Waals surface area contributed by atoms with Crippen molar-refractivity contribution in [2.24, 2.45) is 5.92 Å². The number of unbranched alkanes of at least 4 members (excludes halogenated alkanes) is 7. The third-order valence-electron chi connectivity index (χ3n) is 4.71. The summed E-state index contributed by atoms with van der Waals surface area (Å²) in [6, 6.07) is -2.18. The lowest BCUT2D eigenvalue weighted by molar-refractivity contribution is -0.179. The molecule has 0 aromatic rings. The number of hydrogen-bond acceptors (Lipinski definition) is 3. The number of nitrogens with one attached hydrogen (secondary N) is 1. The molecule has 0 fully saturated rings. The summed E-state index contributed by atoms with van der Waals surface area (Å²) in [6.45, 7) is 8.92. The van der Waals surface area contributed by atoms with E-state index < -0.39 is 39.8 Å². The van der Waals surface area contributed by atoms with E-state index in [1.807, 2.05) is 6.92 Å². The lowest BCUT2D eigenvalue weighted by Crippen LogP contribution is -2.53. The molecule has 0 saturated heterocycles. The van der Waals surface area contributed by atoms with E-state index in [0.29, 0.717) is 12.8 Å². The van der Waals surface area contributed by atoms with Crippen LogP contribution in [-0.4, -0.2) is 33.8 Å². The third-order valence-corrected chi connectivity index (χ3v) is 6.29. The fraction of sp³-hybridized carbons (Fsp3) is 0.952. The molecular formula is C21H40F3NO3S. The van der Waals surface area contributed by atoms with Crippen molar-refractivity contribution in [2.75, 3.05) is 6.61 Å². The van der Waals surface area contributed by atoms with E-state index in [1.54, 1.807) is 20.8 Å². The second-order valence-electron chi connectivity index (χ2n) is 8.56. The van der Waals surface area contributed by atoms with Crippen LogP contribution in [0.1, 0.15) is 98.8 Å². The molecule has 0 saturated carbocycles. The molecule has 1 N–H and O–H groups in total. The monoisotopic (exact) mass is 443 g/mol. The Kier molecular flexibility index (Phi) is 14.1. The van der Waals surface area contributed by atoms with E-state index in [-0.39, 0.29) is 13.0 Å². The third kappa shape index (κ3) is 12.6. The highest BCUT2D eigenvalue weighted by molar-refractivity contribution is 7.84. The minimum Gasteiger partial charge on any atom is -0.465 e. The maximum absolute atomic E-state index is 13.8. The first-order valence-electron chi connectivity index (χ1n) is 10.9. The van der Waals surface area contributed by atoms with E-state index in [4.69, 9.17) is 4.74 Å². The van der Waals surface area contributed by atoms with Gasteiger partial charge < -0.3 is 4.74 Å². The van der Waals surface area contributed by atoms with Crippen LogP contribution >= 0.6 is 0 Å². The second kappa shape index (κ2) is 14.4. The fourth-order valence-electron chi connectivity index (χ4n) is 2.84. The number of hydrogen-bond donors (Lipinski definition) is 1. The molecule has 0 bridgehead atoms. The SMILES string of the molecule is CCCCCCCCC[C@@H](C(=O)OCCCC)[C@@H](N[S@](=O)C(C)(C)C)C(F)(F)F. The Hall–Kier alpha value is -0.630. The summed E-state index contributed by atoms with van der Waals surface area (Å²) in [6.07, 6.45) is 3.44. The van der Waals surface area contributed by atoms with E-state index in [9.17, 15) is 22.2 Å². The van der Waals surface area contributed by atoms with Gasteiger partial charge in [-0.1, -0.05) is 65.2 Å². The van der Waals surface area contributed by atoms with Gasteiger partial charge in [0.25, 0.3) is 0 Å². The molecule has 0 aliphatic carbocycles. The van der Waals surface area contributed by atoms with Crippen LogP contribution in [0.15, 0.2) is 0 Å². The highest BCUT2D eigenvalue weighted by Gasteiger charge is 2.49. The fourth-order valence-corrected chi connectivity index (χ4v) is 3.72. The van der Waals surface area contributed by atoms with Crippen molar-refractivity contribution >= 4 is 17.0 Å². The molecule has 0 heterocycles. The maximum Gasteiger partial charge on any atom is 0.405 e. The van der Waals surface area contributed by atoms with Crippen molar-refractivity contribution in [3.8, 4) is 0 Å². The van der Waals surface area contributed by atoms with Gasteiger partial charge >= 0.3 is 12.1 Å². The molecular weight excluding hydrogens is 403 g/mol. The van der Waals surface area contributed by atoms with Gasteiger partial charge in [-0.05, 0) is 33.6 Å². The zero-order valence-corrected chi connectivity index (χ0v) is 19.5. The van der Waals surface area contributed by atoms with Gasteiger partial charge in [0.1, 0.15) is 6.04 Å². The van der Waals surface area contributed by atoms with Gasteiger partial charge in [0.2, 0.25) is 0 Å². The molecule has 0 spiro atoms. The number of ether oxygens (including phenoxy) is 1. The predicted octanol–water partition coefficient (Wildman–Crippen LogP) is 6.07. The minimum absolute atomic E-state index is 0.0667. The Morgan fingerprint density at radius 1 is 0.931 bits per heavy atom. The molecule has 0 rings (SSSR count). The number of carbonyl (C=O) groups is 1. The summed E-state index contributed by atoms with van der Waals surface area (Å²) in [4.78, 5) is 12.5. The molecule has 0 radical (unpaired) electrons. The van der Waals surface area contributed by atoms with Crippen LogP contribution in [0.2, 0.25) is 0 Å². The Morgan fingerprint density at radius 3 is 1.93 bits per heavy atom. The summed E-state index contributed by atoms with van der Waals surface area (Å²) >= 11 is 0. The van der Waals surface area contributed by atoms with Gasteiger partial charge in [-0.2, -0.15) is 13.2 Å². The number of rotatable bonds is 15. The van der Waals surface area contributed by atoms with Gasteiger partial charge in [0, 0.05) is 0 Å². The number of halogens is 3. The average molecular weight is 444 g/mol. The standard InChI is InChI=1S/C21H40F3NO3S/c1-6-8-10-11-12-13-14-15-17(19(26)28-16-9-7-2)18(21(22,23)24)25-29(27)20(3,4)5/h17-18,25H,6-16H2,1-5H3/t17-,18-,29-/m1/s1. The molecule has 0 unspecified atom stereocenters. The summed E-state index contributed by atoms with van der Waals surface area (Å²) in [7, 11) is -1.95.